The fraction of sp³-hybridized carbons (Fsp3) is 0.571. The lowest BCUT2D eigenvalue weighted by Gasteiger charge is -2.42. The van der Waals surface area contributed by atoms with Crippen molar-refractivity contribution >= 4 is 27.7 Å². The van der Waals surface area contributed by atoms with Gasteiger partial charge in [0.15, 0.2) is 0 Å². The van der Waals surface area contributed by atoms with Gasteiger partial charge < -0.3 is 10.2 Å². The molecular weight excluding hydrogens is 306 g/mol. The van der Waals surface area contributed by atoms with Gasteiger partial charge in [-0.05, 0) is 34.5 Å². The van der Waals surface area contributed by atoms with Crippen molar-refractivity contribution in [2.45, 2.75) is 33.7 Å². The van der Waals surface area contributed by atoms with E-state index in [1.165, 1.54) is 0 Å². The summed E-state index contributed by atoms with van der Waals surface area (Å²) in [5.74, 6) is 1.11. The number of hydrogen-bond acceptors (Lipinski definition) is 3. The normalized spacial score (nSPS) is 16.2. The minimum atomic E-state index is -0.327. The van der Waals surface area contributed by atoms with Crippen LogP contribution in [-0.4, -0.2) is 30.0 Å². The molecule has 0 spiro atoms. The summed E-state index contributed by atoms with van der Waals surface area (Å²) in [7, 11) is 0. The first-order valence-electron chi connectivity index (χ1n) is 6.45. The molecule has 1 saturated heterocycles. The molecule has 104 valence electrons. The number of aromatic nitrogens is 1. The van der Waals surface area contributed by atoms with E-state index in [0.29, 0.717) is 0 Å². The average molecular weight is 326 g/mol. The van der Waals surface area contributed by atoms with Crippen LogP contribution >= 0.6 is 15.9 Å². The average Bonchev–Trinajstić information content (AvgIpc) is 2.22. The summed E-state index contributed by atoms with van der Waals surface area (Å²) in [6.45, 7) is 9.50. The Labute approximate surface area is 122 Å². The molecule has 1 aromatic heterocycles. The van der Waals surface area contributed by atoms with Crippen molar-refractivity contribution in [2.24, 2.45) is 5.41 Å². The molecule has 5 heteroatoms. The molecule has 1 N–H and O–H groups in total. The van der Waals surface area contributed by atoms with Crippen molar-refractivity contribution in [1.29, 1.82) is 0 Å². The largest absolute Gasteiger partial charge is 0.352 e. The highest BCUT2D eigenvalue weighted by molar-refractivity contribution is 9.10. The van der Waals surface area contributed by atoms with Crippen molar-refractivity contribution in [2.75, 3.05) is 18.0 Å². The van der Waals surface area contributed by atoms with Crippen LogP contribution < -0.4 is 10.2 Å². The van der Waals surface area contributed by atoms with Crippen LogP contribution in [0.15, 0.2) is 16.7 Å². The van der Waals surface area contributed by atoms with Gasteiger partial charge in [0.25, 0.3) is 0 Å². The third-order valence-electron chi connectivity index (χ3n) is 3.21. The molecule has 1 aromatic rings. The topological polar surface area (TPSA) is 45.2 Å². The molecule has 0 saturated carbocycles. The van der Waals surface area contributed by atoms with Gasteiger partial charge in [0.2, 0.25) is 5.91 Å². The second-order valence-corrected chi connectivity index (χ2v) is 7.04. The number of amides is 1. The Kier molecular flexibility index (Phi) is 3.85. The van der Waals surface area contributed by atoms with E-state index in [0.717, 1.165) is 28.9 Å². The lowest BCUT2D eigenvalue weighted by molar-refractivity contribution is -0.129. The van der Waals surface area contributed by atoms with Gasteiger partial charge in [-0.15, -0.1) is 0 Å². The van der Waals surface area contributed by atoms with Crippen LogP contribution in [0.5, 0.6) is 0 Å². The number of halogens is 1. The summed E-state index contributed by atoms with van der Waals surface area (Å²) in [5.41, 5.74) is 0.821. The van der Waals surface area contributed by atoms with E-state index >= 15 is 0 Å². The predicted molar refractivity (Wildman–Crippen MR) is 80.3 cm³/mol. The summed E-state index contributed by atoms with van der Waals surface area (Å²) in [6.07, 6.45) is 1.81. The lowest BCUT2D eigenvalue weighted by Crippen LogP contribution is -2.61. The van der Waals surface area contributed by atoms with E-state index in [-0.39, 0.29) is 17.4 Å². The fourth-order valence-corrected chi connectivity index (χ4v) is 2.45. The molecule has 2 rings (SSSR count). The van der Waals surface area contributed by atoms with Crippen LogP contribution in [0, 0.1) is 12.3 Å². The first-order valence-corrected chi connectivity index (χ1v) is 7.25. The van der Waals surface area contributed by atoms with E-state index in [4.69, 9.17) is 0 Å². The van der Waals surface area contributed by atoms with E-state index < -0.39 is 0 Å². The number of anilines is 1. The third-order valence-corrected chi connectivity index (χ3v) is 3.65. The maximum atomic E-state index is 11.9. The summed E-state index contributed by atoms with van der Waals surface area (Å²) in [5, 5.41) is 3.07. The molecule has 4 nitrogen and oxygen atoms in total. The summed E-state index contributed by atoms with van der Waals surface area (Å²) in [4.78, 5) is 18.5. The standard InChI is InChI=1S/C14H20BrN3O/c1-9-5-10(15)6-16-12(9)18-7-11(8-18)17-13(19)14(2,3)4/h5-6,11H,7-8H2,1-4H3,(H,17,19). The monoisotopic (exact) mass is 325 g/mol. The third kappa shape index (κ3) is 3.26. The molecular formula is C14H20BrN3O. The molecule has 1 aliphatic rings. The van der Waals surface area contributed by atoms with Gasteiger partial charge in [-0.1, -0.05) is 20.8 Å². The zero-order chi connectivity index (χ0) is 14.2. The zero-order valence-corrected chi connectivity index (χ0v) is 13.4. The van der Waals surface area contributed by atoms with Gasteiger partial charge in [0.1, 0.15) is 5.82 Å². The van der Waals surface area contributed by atoms with Gasteiger partial charge in [-0.3, -0.25) is 4.79 Å². The Hall–Kier alpha value is -1.10. The quantitative estimate of drug-likeness (QED) is 0.908. The summed E-state index contributed by atoms with van der Waals surface area (Å²) < 4.78 is 0.992. The van der Waals surface area contributed by atoms with Gasteiger partial charge in [0, 0.05) is 29.2 Å². The Morgan fingerprint density at radius 2 is 2.11 bits per heavy atom. The van der Waals surface area contributed by atoms with Gasteiger partial charge >= 0.3 is 0 Å². The fourth-order valence-electron chi connectivity index (χ4n) is 2.01. The minimum absolute atomic E-state index is 0.109. The molecule has 0 radical (unpaired) electrons. The van der Waals surface area contributed by atoms with Gasteiger partial charge in [-0.2, -0.15) is 0 Å². The predicted octanol–water partition coefficient (Wildman–Crippen LogP) is 2.50. The number of rotatable bonds is 2. The molecule has 0 atom stereocenters. The molecule has 1 fully saturated rings. The van der Waals surface area contributed by atoms with Crippen LogP contribution in [0.4, 0.5) is 5.82 Å². The Balaban J connectivity index is 1.91. The number of pyridine rings is 1. The Bertz CT molecular complexity index is 490. The maximum Gasteiger partial charge on any atom is 0.225 e. The first kappa shape index (κ1) is 14.3. The van der Waals surface area contributed by atoms with Crippen molar-refractivity contribution in [3.63, 3.8) is 0 Å². The molecule has 1 aliphatic heterocycles. The first-order chi connectivity index (χ1) is 8.77. The Morgan fingerprint density at radius 3 is 2.63 bits per heavy atom. The number of carbonyl (C=O) groups is 1. The number of hydrogen-bond donors (Lipinski definition) is 1. The number of carbonyl (C=O) groups excluding carboxylic acids is 1. The van der Waals surface area contributed by atoms with Crippen LogP contribution in [0.3, 0.4) is 0 Å². The van der Waals surface area contributed by atoms with Crippen molar-refractivity contribution in [1.82, 2.24) is 10.3 Å². The molecule has 1 amide bonds. The Morgan fingerprint density at radius 1 is 1.47 bits per heavy atom. The van der Waals surface area contributed by atoms with Crippen LogP contribution in [0.1, 0.15) is 26.3 Å². The minimum Gasteiger partial charge on any atom is -0.352 e. The number of nitrogens with zero attached hydrogens (tertiary/aromatic N) is 2. The van der Waals surface area contributed by atoms with E-state index in [9.17, 15) is 4.79 Å². The second kappa shape index (κ2) is 5.12. The lowest BCUT2D eigenvalue weighted by atomic mass is 9.94. The van der Waals surface area contributed by atoms with Crippen molar-refractivity contribution in [3.8, 4) is 0 Å². The van der Waals surface area contributed by atoms with E-state index in [2.05, 4.69) is 37.2 Å². The molecule has 0 aromatic carbocycles. The van der Waals surface area contributed by atoms with Gasteiger partial charge in [-0.25, -0.2) is 4.98 Å². The van der Waals surface area contributed by atoms with Crippen LogP contribution in [0.25, 0.3) is 0 Å². The molecule has 0 unspecified atom stereocenters. The molecule has 0 bridgehead atoms. The van der Waals surface area contributed by atoms with Crippen LogP contribution in [-0.2, 0) is 4.79 Å². The highest BCUT2D eigenvalue weighted by atomic mass is 79.9. The van der Waals surface area contributed by atoms with E-state index in [1.807, 2.05) is 33.9 Å². The smallest absolute Gasteiger partial charge is 0.225 e. The highest BCUT2D eigenvalue weighted by Crippen LogP contribution is 2.25. The summed E-state index contributed by atoms with van der Waals surface area (Å²) in [6, 6.07) is 2.29. The molecule has 19 heavy (non-hydrogen) atoms. The van der Waals surface area contributed by atoms with Crippen molar-refractivity contribution < 1.29 is 4.79 Å². The zero-order valence-electron chi connectivity index (χ0n) is 11.8. The highest BCUT2D eigenvalue weighted by Gasteiger charge is 2.32. The number of nitrogens with one attached hydrogen (secondary N) is 1. The SMILES string of the molecule is Cc1cc(Br)cnc1N1CC(NC(=O)C(C)(C)C)C1. The second-order valence-electron chi connectivity index (χ2n) is 6.12. The molecule has 0 aliphatic carbocycles. The van der Waals surface area contributed by atoms with Crippen LogP contribution in [0.2, 0.25) is 0 Å². The van der Waals surface area contributed by atoms with Gasteiger partial charge in [0.05, 0.1) is 6.04 Å². The van der Waals surface area contributed by atoms with E-state index in [1.54, 1.807) is 0 Å². The number of aryl methyl sites for hydroxylation is 1. The molecule has 2 heterocycles. The van der Waals surface area contributed by atoms with Crippen molar-refractivity contribution in [3.05, 3.63) is 22.3 Å². The summed E-state index contributed by atoms with van der Waals surface area (Å²) >= 11 is 3.41. The maximum absolute atomic E-state index is 11.9.